The van der Waals surface area contributed by atoms with Crippen molar-refractivity contribution in [3.63, 3.8) is 0 Å². The van der Waals surface area contributed by atoms with Gasteiger partial charge in [0.15, 0.2) is 0 Å². The van der Waals surface area contributed by atoms with Crippen LogP contribution in [0.25, 0.3) is 0 Å². The van der Waals surface area contributed by atoms with Crippen LogP contribution >= 0.6 is 0 Å². The van der Waals surface area contributed by atoms with E-state index in [4.69, 9.17) is 10.8 Å². The third kappa shape index (κ3) is 5.30. The topological polar surface area (TPSA) is 64.2 Å². The predicted octanol–water partition coefficient (Wildman–Crippen LogP) is 5.94. The molecule has 0 aliphatic carbocycles. The lowest BCUT2D eigenvalue weighted by atomic mass is 9.82. The van der Waals surface area contributed by atoms with E-state index < -0.39 is 23.2 Å². The van der Waals surface area contributed by atoms with Crippen LogP contribution in [-0.4, -0.2) is 27.1 Å². The Hall–Kier alpha value is -3.13. The number of carbonyl (C=O) groups excluding carboxylic acids is 1. The smallest absolute Gasteiger partial charge is 0.368 e. The van der Waals surface area contributed by atoms with E-state index in [2.05, 4.69) is 16.5 Å². The van der Waals surface area contributed by atoms with E-state index in [1.165, 1.54) is 5.69 Å². The molecular formula is C29H35F3N4O. The van der Waals surface area contributed by atoms with E-state index in [0.717, 1.165) is 60.3 Å². The van der Waals surface area contributed by atoms with Crippen molar-refractivity contribution >= 4 is 5.91 Å². The average Bonchev–Trinajstić information content (AvgIpc) is 3.21. The summed E-state index contributed by atoms with van der Waals surface area (Å²) < 4.78 is 41.3. The van der Waals surface area contributed by atoms with E-state index in [-0.39, 0.29) is 6.04 Å². The van der Waals surface area contributed by atoms with Crippen molar-refractivity contribution in [3.05, 3.63) is 88.2 Å². The molecule has 0 spiro atoms. The number of nitrogens with two attached hydrogens (primary N) is 1. The minimum Gasteiger partial charge on any atom is -0.368 e. The maximum Gasteiger partial charge on any atom is 0.416 e. The van der Waals surface area contributed by atoms with E-state index in [9.17, 15) is 18.0 Å². The van der Waals surface area contributed by atoms with Crippen LogP contribution in [0.4, 0.5) is 13.2 Å². The van der Waals surface area contributed by atoms with Crippen LogP contribution < -0.4 is 5.73 Å². The van der Waals surface area contributed by atoms with Crippen molar-refractivity contribution in [1.29, 1.82) is 0 Å². The summed E-state index contributed by atoms with van der Waals surface area (Å²) in [6.07, 6.45) is -0.360. The largest absolute Gasteiger partial charge is 0.416 e. The third-order valence-electron chi connectivity index (χ3n) is 7.68. The second-order valence-electron chi connectivity index (χ2n) is 10.0. The number of primary amides is 1. The molecule has 37 heavy (non-hydrogen) atoms. The number of benzene rings is 2. The normalized spacial score (nSPS) is 17.8. The quantitative estimate of drug-likeness (QED) is 0.386. The molecule has 2 atom stereocenters. The second-order valence-corrected chi connectivity index (χ2v) is 10.0. The fourth-order valence-corrected chi connectivity index (χ4v) is 5.58. The van der Waals surface area contributed by atoms with Gasteiger partial charge in [-0.3, -0.25) is 14.4 Å². The van der Waals surface area contributed by atoms with Crippen molar-refractivity contribution in [2.45, 2.75) is 77.2 Å². The highest BCUT2D eigenvalue weighted by Gasteiger charge is 2.46. The molecule has 2 heterocycles. The van der Waals surface area contributed by atoms with Crippen LogP contribution in [0.1, 0.15) is 72.8 Å². The molecule has 2 aromatic carbocycles. The molecule has 0 bridgehead atoms. The van der Waals surface area contributed by atoms with Crippen LogP contribution in [-0.2, 0) is 35.9 Å². The molecular weight excluding hydrogens is 477 g/mol. The van der Waals surface area contributed by atoms with Crippen LogP contribution in [0.5, 0.6) is 0 Å². The molecule has 0 fully saturated rings. The van der Waals surface area contributed by atoms with Crippen molar-refractivity contribution in [2.75, 3.05) is 6.54 Å². The fourth-order valence-electron chi connectivity index (χ4n) is 5.58. The van der Waals surface area contributed by atoms with Crippen LogP contribution in [0.3, 0.4) is 0 Å². The van der Waals surface area contributed by atoms with Crippen LogP contribution in [0, 0.1) is 6.92 Å². The lowest BCUT2D eigenvalue weighted by Crippen LogP contribution is -2.56. The number of fused-ring (bicyclic) bond motifs is 1. The summed E-state index contributed by atoms with van der Waals surface area (Å²) in [7, 11) is 0. The van der Waals surface area contributed by atoms with Gasteiger partial charge in [-0.25, -0.2) is 0 Å². The lowest BCUT2D eigenvalue weighted by molar-refractivity contribution is -0.137. The number of aryl methyl sites for hydroxylation is 3. The van der Waals surface area contributed by atoms with Crippen LogP contribution in [0.2, 0.25) is 0 Å². The van der Waals surface area contributed by atoms with E-state index in [1.54, 1.807) is 12.1 Å². The minimum atomic E-state index is -4.36. The number of hydrogen-bond acceptors (Lipinski definition) is 3. The van der Waals surface area contributed by atoms with Gasteiger partial charge in [0, 0.05) is 36.8 Å². The SMILES string of the molecule is CCCCn1nc(C)c2c1CCN(C(C)(C(N)=O)c1ccccc1)C2CCc1ccc(C(F)(F)F)cc1. The van der Waals surface area contributed by atoms with Gasteiger partial charge in [0.1, 0.15) is 5.54 Å². The van der Waals surface area contributed by atoms with Gasteiger partial charge >= 0.3 is 6.18 Å². The van der Waals surface area contributed by atoms with Crippen LogP contribution in [0.15, 0.2) is 54.6 Å². The maximum absolute atomic E-state index is 13.1. The zero-order chi connectivity index (χ0) is 26.8. The van der Waals surface area contributed by atoms with Crippen molar-refractivity contribution in [3.8, 4) is 0 Å². The highest BCUT2D eigenvalue weighted by molar-refractivity contribution is 5.86. The zero-order valence-corrected chi connectivity index (χ0v) is 21.7. The first-order valence-corrected chi connectivity index (χ1v) is 12.9. The summed E-state index contributed by atoms with van der Waals surface area (Å²) in [5.41, 5.74) is 9.22. The molecule has 0 saturated carbocycles. The number of rotatable bonds is 9. The van der Waals surface area contributed by atoms with E-state index >= 15 is 0 Å². The van der Waals surface area contributed by atoms with Crippen molar-refractivity contribution in [1.82, 2.24) is 14.7 Å². The predicted molar refractivity (Wildman–Crippen MR) is 138 cm³/mol. The Balaban J connectivity index is 1.73. The van der Waals surface area contributed by atoms with E-state index in [0.29, 0.717) is 19.4 Å². The summed E-state index contributed by atoms with van der Waals surface area (Å²) in [4.78, 5) is 15.2. The van der Waals surface area contributed by atoms with Gasteiger partial charge in [-0.1, -0.05) is 55.8 Å². The summed E-state index contributed by atoms with van der Waals surface area (Å²) in [6, 6.07) is 14.7. The van der Waals surface area contributed by atoms with Gasteiger partial charge < -0.3 is 5.73 Å². The Kier molecular flexibility index (Phi) is 7.78. The summed E-state index contributed by atoms with van der Waals surface area (Å²) >= 11 is 0. The second kappa shape index (κ2) is 10.7. The first-order chi connectivity index (χ1) is 17.6. The third-order valence-corrected chi connectivity index (χ3v) is 7.68. The number of unbranched alkanes of at least 4 members (excludes halogenated alkanes) is 1. The van der Waals surface area contributed by atoms with Gasteiger partial charge in [-0.15, -0.1) is 0 Å². The zero-order valence-electron chi connectivity index (χ0n) is 21.7. The Morgan fingerprint density at radius 3 is 2.35 bits per heavy atom. The summed E-state index contributed by atoms with van der Waals surface area (Å²) in [6.45, 7) is 7.48. The number of aromatic nitrogens is 2. The van der Waals surface area contributed by atoms with Crippen molar-refractivity contribution in [2.24, 2.45) is 5.73 Å². The standard InChI is InChI=1S/C29H35F3N4O/c1-4-5-18-36-25-17-19-35(28(3,27(33)37)22-9-7-6-8-10-22)24(26(25)20(2)34-36)16-13-21-11-14-23(15-12-21)29(30,31)32/h6-12,14-15,24H,4-5,13,16-19H2,1-3H3,(H2,33,37). The minimum absolute atomic E-state index is 0.167. The van der Waals surface area contributed by atoms with Crippen molar-refractivity contribution < 1.29 is 18.0 Å². The summed E-state index contributed by atoms with van der Waals surface area (Å²) in [5.74, 6) is -0.433. The van der Waals surface area contributed by atoms with Gasteiger partial charge in [0.05, 0.1) is 11.3 Å². The summed E-state index contributed by atoms with van der Waals surface area (Å²) in [5, 5.41) is 4.86. The molecule has 198 valence electrons. The molecule has 3 aromatic rings. The van der Waals surface area contributed by atoms with Gasteiger partial charge in [0.2, 0.25) is 5.91 Å². The monoisotopic (exact) mass is 512 g/mol. The molecule has 1 aromatic heterocycles. The molecule has 8 heteroatoms. The number of nitrogens with zero attached hydrogens (tertiary/aromatic N) is 3. The fraction of sp³-hybridized carbons (Fsp3) is 0.448. The van der Waals surface area contributed by atoms with E-state index in [1.807, 2.05) is 44.2 Å². The first-order valence-electron chi connectivity index (χ1n) is 12.9. The molecule has 1 aliphatic heterocycles. The Bertz CT molecular complexity index is 1220. The number of alkyl halides is 3. The van der Waals surface area contributed by atoms with Gasteiger partial charge in [-0.05, 0) is 56.4 Å². The van der Waals surface area contributed by atoms with Gasteiger partial charge in [0.25, 0.3) is 0 Å². The Morgan fingerprint density at radius 1 is 1.08 bits per heavy atom. The maximum atomic E-state index is 13.1. The number of hydrogen-bond donors (Lipinski definition) is 1. The number of amides is 1. The molecule has 0 radical (unpaired) electrons. The first kappa shape index (κ1) is 26.9. The lowest BCUT2D eigenvalue weighted by Gasteiger charge is -2.47. The molecule has 2 N–H and O–H groups in total. The highest BCUT2D eigenvalue weighted by Crippen LogP contribution is 2.43. The molecule has 4 rings (SSSR count). The molecule has 5 nitrogen and oxygen atoms in total. The Labute approximate surface area is 216 Å². The molecule has 1 aliphatic rings. The molecule has 2 unspecified atom stereocenters. The average molecular weight is 513 g/mol. The Morgan fingerprint density at radius 2 is 1.76 bits per heavy atom. The molecule has 0 saturated heterocycles. The number of carbonyl (C=O) groups is 1. The van der Waals surface area contributed by atoms with Gasteiger partial charge in [-0.2, -0.15) is 18.3 Å². The highest BCUT2D eigenvalue weighted by atomic mass is 19.4. The molecule has 1 amide bonds. The number of halogens is 3.